The summed E-state index contributed by atoms with van der Waals surface area (Å²) in [5, 5.41) is 10.3. The van der Waals surface area contributed by atoms with Crippen molar-refractivity contribution in [2.75, 3.05) is 13.1 Å². The van der Waals surface area contributed by atoms with Crippen molar-refractivity contribution in [1.29, 1.82) is 0 Å². The first-order chi connectivity index (χ1) is 15.6. The van der Waals surface area contributed by atoms with Gasteiger partial charge in [0.2, 0.25) is 0 Å². The van der Waals surface area contributed by atoms with Crippen LogP contribution in [0.3, 0.4) is 0 Å². The predicted molar refractivity (Wildman–Crippen MR) is 124 cm³/mol. The molecule has 162 valence electrons. The Kier molecular flexibility index (Phi) is 4.58. The number of rotatable bonds is 6. The third kappa shape index (κ3) is 3.30. The Morgan fingerprint density at radius 3 is 2.72 bits per heavy atom. The quantitative estimate of drug-likeness (QED) is 0.475. The van der Waals surface area contributed by atoms with E-state index in [4.69, 9.17) is 0 Å². The van der Waals surface area contributed by atoms with Crippen molar-refractivity contribution in [1.82, 2.24) is 25.1 Å². The average Bonchev–Trinajstić information content (AvgIpc) is 3.19. The monoisotopic (exact) mass is 445 g/mol. The molecule has 2 aromatic heterocycles. The van der Waals surface area contributed by atoms with Crippen LogP contribution in [-0.2, 0) is 11.2 Å². The van der Waals surface area contributed by atoms with Crippen LogP contribution < -0.4 is 11.0 Å². The number of thiazole rings is 1. The van der Waals surface area contributed by atoms with Crippen LogP contribution in [0.4, 0.5) is 0 Å². The van der Waals surface area contributed by atoms with Crippen LogP contribution in [0, 0.1) is 11.3 Å². The number of carbonyl (C=O) groups is 1. The zero-order valence-electron chi connectivity index (χ0n) is 17.5. The van der Waals surface area contributed by atoms with Gasteiger partial charge in [0.15, 0.2) is 0 Å². The molecule has 0 bridgehead atoms. The molecule has 1 atom stereocenters. The van der Waals surface area contributed by atoms with E-state index >= 15 is 0 Å². The van der Waals surface area contributed by atoms with Crippen molar-refractivity contribution in [3.05, 3.63) is 64.3 Å². The number of nitrogens with zero attached hydrogens (tertiary/aromatic N) is 3. The fourth-order valence-corrected chi connectivity index (χ4v) is 5.54. The van der Waals surface area contributed by atoms with Gasteiger partial charge >= 0.3 is 5.69 Å². The highest BCUT2D eigenvalue weighted by Gasteiger charge is 2.48. The molecule has 0 radical (unpaired) electrons. The van der Waals surface area contributed by atoms with Crippen LogP contribution in [0.5, 0.6) is 0 Å². The Morgan fingerprint density at radius 2 is 1.97 bits per heavy atom. The van der Waals surface area contributed by atoms with E-state index in [-0.39, 0.29) is 11.6 Å². The molecule has 0 spiro atoms. The van der Waals surface area contributed by atoms with Gasteiger partial charge < -0.3 is 5.32 Å². The number of Topliss-reactive ketones (excluding diaryl/α,β-unsaturated/α-hetero) is 1. The minimum absolute atomic E-state index is 0.184. The smallest absolute Gasteiger partial charge is 0.316 e. The summed E-state index contributed by atoms with van der Waals surface area (Å²) in [6.07, 6.45) is 3.24. The number of ketones is 1. The van der Waals surface area contributed by atoms with E-state index in [1.54, 1.807) is 15.9 Å². The van der Waals surface area contributed by atoms with Gasteiger partial charge in [-0.25, -0.2) is 19.4 Å². The summed E-state index contributed by atoms with van der Waals surface area (Å²) in [5.41, 5.74) is 5.04. The normalized spacial score (nSPS) is 20.8. The molecule has 2 N–H and O–H groups in total. The predicted octanol–water partition coefficient (Wildman–Crippen LogP) is 3.34. The minimum atomic E-state index is -0.464. The third-order valence-electron chi connectivity index (χ3n) is 6.74. The maximum absolute atomic E-state index is 13.1. The van der Waals surface area contributed by atoms with Gasteiger partial charge in [0.25, 0.3) is 0 Å². The summed E-state index contributed by atoms with van der Waals surface area (Å²) < 4.78 is 2.76. The number of hydrogen-bond donors (Lipinski definition) is 2. The number of aromatic nitrogens is 4. The number of aromatic amines is 1. The highest BCUT2D eigenvalue weighted by Crippen LogP contribution is 2.42. The number of benzene rings is 2. The van der Waals surface area contributed by atoms with E-state index in [0.29, 0.717) is 24.6 Å². The first kappa shape index (κ1) is 19.6. The topological polar surface area (TPSA) is 92.7 Å². The van der Waals surface area contributed by atoms with Crippen molar-refractivity contribution in [2.24, 2.45) is 11.3 Å². The van der Waals surface area contributed by atoms with E-state index in [1.807, 2.05) is 35.8 Å². The van der Waals surface area contributed by atoms with E-state index in [2.05, 4.69) is 32.6 Å². The van der Waals surface area contributed by atoms with Gasteiger partial charge in [-0.3, -0.25) is 4.79 Å². The molecule has 4 aromatic rings. The molecule has 32 heavy (non-hydrogen) atoms. The largest absolute Gasteiger partial charge is 0.347 e. The molecule has 2 fully saturated rings. The average molecular weight is 446 g/mol. The Balaban J connectivity index is 1.32. The Morgan fingerprint density at radius 1 is 1.16 bits per heavy atom. The highest BCUT2D eigenvalue weighted by atomic mass is 32.1. The van der Waals surface area contributed by atoms with E-state index in [9.17, 15) is 9.59 Å². The van der Waals surface area contributed by atoms with Crippen LogP contribution in [0.2, 0.25) is 0 Å². The van der Waals surface area contributed by atoms with Crippen molar-refractivity contribution in [2.45, 2.75) is 25.7 Å². The van der Waals surface area contributed by atoms with Crippen LogP contribution in [-0.4, -0.2) is 38.6 Å². The van der Waals surface area contributed by atoms with E-state index in [1.165, 1.54) is 0 Å². The van der Waals surface area contributed by atoms with Gasteiger partial charge in [0, 0.05) is 24.3 Å². The molecule has 6 rings (SSSR count). The molecule has 2 aliphatic rings. The fraction of sp³-hybridized carbons (Fsp3) is 0.333. The summed E-state index contributed by atoms with van der Waals surface area (Å²) in [6.45, 7) is 1.48. The van der Waals surface area contributed by atoms with Crippen LogP contribution in [0.15, 0.2) is 52.8 Å². The zero-order chi connectivity index (χ0) is 21.7. The van der Waals surface area contributed by atoms with Gasteiger partial charge in [-0.1, -0.05) is 18.2 Å². The summed E-state index contributed by atoms with van der Waals surface area (Å²) in [6, 6.07) is 14.1. The summed E-state index contributed by atoms with van der Waals surface area (Å²) in [4.78, 5) is 30.1. The third-order valence-corrected chi connectivity index (χ3v) is 7.53. The second kappa shape index (κ2) is 7.50. The van der Waals surface area contributed by atoms with Crippen molar-refractivity contribution in [3.8, 4) is 16.8 Å². The van der Waals surface area contributed by atoms with Gasteiger partial charge in [0.1, 0.15) is 11.6 Å². The Labute approximate surface area is 188 Å². The van der Waals surface area contributed by atoms with Crippen LogP contribution in [0.25, 0.3) is 27.0 Å². The molecule has 0 unspecified atom stereocenters. The highest BCUT2D eigenvalue weighted by molar-refractivity contribution is 7.16. The molecular formula is C24H23N5O2S. The van der Waals surface area contributed by atoms with E-state index < -0.39 is 5.41 Å². The maximum atomic E-state index is 13.1. The van der Waals surface area contributed by atoms with Crippen LogP contribution >= 0.6 is 11.3 Å². The minimum Gasteiger partial charge on any atom is -0.316 e. The first-order valence-corrected chi connectivity index (χ1v) is 11.9. The lowest BCUT2D eigenvalue weighted by Gasteiger charge is -2.26. The Bertz CT molecular complexity index is 1360. The van der Waals surface area contributed by atoms with Crippen molar-refractivity contribution < 1.29 is 4.79 Å². The van der Waals surface area contributed by atoms with Gasteiger partial charge in [-0.15, -0.1) is 11.3 Å². The second-order valence-electron chi connectivity index (χ2n) is 8.88. The Hall–Kier alpha value is -3.10. The number of H-pyrrole nitrogens is 1. The molecule has 0 amide bonds. The SMILES string of the molecule is O=C(C1CC1)[C@]1(Cc2n[nH]c(=O)n2-c2ccc(-c3ccc4ncsc4c3)cc2)CCNC1. The molecule has 1 saturated heterocycles. The molecular weight excluding hydrogens is 422 g/mol. The van der Waals surface area contributed by atoms with Gasteiger partial charge in [0.05, 0.1) is 21.4 Å². The van der Waals surface area contributed by atoms with Gasteiger partial charge in [-0.05, 0) is 61.2 Å². The maximum Gasteiger partial charge on any atom is 0.347 e. The molecule has 8 heteroatoms. The summed E-state index contributed by atoms with van der Waals surface area (Å²) >= 11 is 1.62. The molecule has 7 nitrogen and oxygen atoms in total. The number of hydrogen-bond acceptors (Lipinski definition) is 6. The molecule has 1 aliphatic heterocycles. The lowest BCUT2D eigenvalue weighted by atomic mass is 9.77. The van der Waals surface area contributed by atoms with E-state index in [0.717, 1.165) is 52.8 Å². The lowest BCUT2D eigenvalue weighted by molar-refractivity contribution is -0.129. The molecule has 2 aromatic carbocycles. The lowest BCUT2D eigenvalue weighted by Crippen LogP contribution is -2.38. The first-order valence-electron chi connectivity index (χ1n) is 11.0. The van der Waals surface area contributed by atoms with Gasteiger partial charge in [-0.2, -0.15) is 5.10 Å². The van der Waals surface area contributed by atoms with Crippen LogP contribution in [0.1, 0.15) is 25.1 Å². The standard InChI is InChI=1S/C24H23N5O2S/c30-22(16-1-2-16)24(9-10-25-13-24)12-21-27-28-23(31)29(21)18-6-3-15(4-7-18)17-5-8-19-20(11-17)32-14-26-19/h3-8,11,14,16,25H,1-2,9-10,12-13H2,(H,28,31)/t24-/m0/s1. The molecule has 1 aliphatic carbocycles. The molecule has 1 saturated carbocycles. The second-order valence-corrected chi connectivity index (χ2v) is 9.77. The zero-order valence-corrected chi connectivity index (χ0v) is 18.3. The van der Waals surface area contributed by atoms with Crippen molar-refractivity contribution >= 4 is 27.3 Å². The summed E-state index contributed by atoms with van der Waals surface area (Å²) in [7, 11) is 0. The summed E-state index contributed by atoms with van der Waals surface area (Å²) in [5.74, 6) is 1.13. The number of carbonyl (C=O) groups excluding carboxylic acids is 1. The fourth-order valence-electron chi connectivity index (χ4n) is 4.83. The number of fused-ring (bicyclic) bond motifs is 1. The van der Waals surface area contributed by atoms with Crippen molar-refractivity contribution in [3.63, 3.8) is 0 Å². The number of nitrogens with one attached hydrogen (secondary N) is 2. The molecule has 3 heterocycles.